The largest absolute Gasteiger partial charge is 0.422 e. The fourth-order valence-electron chi connectivity index (χ4n) is 4.33. The first-order chi connectivity index (χ1) is 15.1. The van der Waals surface area contributed by atoms with E-state index in [-0.39, 0.29) is 0 Å². The van der Waals surface area contributed by atoms with Crippen molar-refractivity contribution >= 4 is 5.97 Å². The van der Waals surface area contributed by atoms with Gasteiger partial charge < -0.3 is 4.74 Å². The molecule has 0 N–H and O–H groups in total. The number of rotatable bonds is 4. The molecule has 4 aromatic carbocycles. The van der Waals surface area contributed by atoms with E-state index >= 15 is 0 Å². The van der Waals surface area contributed by atoms with Crippen molar-refractivity contribution in [1.29, 1.82) is 0 Å². The van der Waals surface area contributed by atoms with Crippen molar-refractivity contribution in [2.24, 2.45) is 0 Å². The van der Waals surface area contributed by atoms with Crippen LogP contribution in [-0.4, -0.2) is 5.97 Å². The molecule has 2 nitrogen and oxygen atoms in total. The number of carbonyl (C=O) groups excluding carboxylic acids is 1. The van der Waals surface area contributed by atoms with Crippen LogP contribution in [0.1, 0.15) is 18.1 Å². The highest BCUT2D eigenvalue weighted by Crippen LogP contribution is 2.50. The van der Waals surface area contributed by atoms with Gasteiger partial charge in [-0.15, -0.1) is 0 Å². The van der Waals surface area contributed by atoms with Crippen LogP contribution in [-0.2, 0) is 11.2 Å². The SMILES string of the molecule is C=C(C)C(=O)Oc1cc2c(c(-c3ccccc3)c1-c1ccccc1)Cc1ccccc1-2. The summed E-state index contributed by atoms with van der Waals surface area (Å²) in [5.74, 6) is 0.149. The second kappa shape index (κ2) is 7.73. The van der Waals surface area contributed by atoms with E-state index in [2.05, 4.69) is 55.1 Å². The normalized spacial score (nSPS) is 11.5. The van der Waals surface area contributed by atoms with Crippen molar-refractivity contribution in [3.05, 3.63) is 114 Å². The van der Waals surface area contributed by atoms with Crippen LogP contribution in [0.2, 0.25) is 0 Å². The quantitative estimate of drug-likeness (QED) is 0.182. The Hall–Kier alpha value is -3.91. The van der Waals surface area contributed by atoms with Gasteiger partial charge in [0.2, 0.25) is 0 Å². The molecular weight excluding hydrogens is 380 g/mol. The highest BCUT2D eigenvalue weighted by Gasteiger charge is 2.28. The van der Waals surface area contributed by atoms with Crippen LogP contribution in [0, 0.1) is 0 Å². The molecule has 0 amide bonds. The zero-order valence-corrected chi connectivity index (χ0v) is 17.4. The van der Waals surface area contributed by atoms with Gasteiger partial charge in [0.1, 0.15) is 5.75 Å². The van der Waals surface area contributed by atoms with Crippen LogP contribution in [0.25, 0.3) is 33.4 Å². The highest BCUT2D eigenvalue weighted by atomic mass is 16.5. The van der Waals surface area contributed by atoms with Crippen LogP contribution in [0.15, 0.2) is 103 Å². The van der Waals surface area contributed by atoms with Crippen molar-refractivity contribution in [1.82, 2.24) is 0 Å². The summed E-state index contributed by atoms with van der Waals surface area (Å²) in [5.41, 5.74) is 9.43. The molecule has 0 spiro atoms. The number of ether oxygens (including phenoxy) is 1. The topological polar surface area (TPSA) is 26.3 Å². The predicted octanol–water partition coefficient (Wildman–Crippen LogP) is 7.07. The molecule has 0 aliphatic heterocycles. The molecule has 0 saturated heterocycles. The third kappa shape index (κ3) is 3.36. The molecule has 150 valence electrons. The molecule has 5 rings (SSSR count). The number of fused-ring (bicyclic) bond motifs is 3. The first-order valence-corrected chi connectivity index (χ1v) is 10.4. The van der Waals surface area contributed by atoms with Crippen LogP contribution in [0.5, 0.6) is 5.75 Å². The Morgan fingerprint density at radius 3 is 2.00 bits per heavy atom. The zero-order chi connectivity index (χ0) is 21.4. The Bertz CT molecular complexity index is 1300. The molecule has 0 bridgehead atoms. The number of benzene rings is 4. The summed E-state index contributed by atoms with van der Waals surface area (Å²) >= 11 is 0. The van der Waals surface area contributed by atoms with E-state index in [9.17, 15) is 4.79 Å². The van der Waals surface area contributed by atoms with Gasteiger partial charge in [-0.3, -0.25) is 0 Å². The van der Waals surface area contributed by atoms with E-state index in [1.807, 2.05) is 42.5 Å². The second-order valence-electron chi connectivity index (χ2n) is 7.89. The van der Waals surface area contributed by atoms with E-state index < -0.39 is 5.97 Å². The summed E-state index contributed by atoms with van der Waals surface area (Å²) < 4.78 is 5.93. The molecular formula is C29H22O2. The smallest absolute Gasteiger partial charge is 0.338 e. The maximum absolute atomic E-state index is 12.6. The minimum atomic E-state index is -0.414. The standard InChI is InChI=1S/C29H22O2/c1-19(2)29(30)31-26-18-24-23-16-10-9-15-22(23)17-25(24)27(20-11-5-3-6-12-20)28(26)21-13-7-4-8-14-21/h3-16,18H,1,17H2,2H3. The maximum atomic E-state index is 12.6. The average Bonchev–Trinajstić information content (AvgIpc) is 3.17. The van der Waals surface area contributed by atoms with Gasteiger partial charge in [-0.1, -0.05) is 91.5 Å². The minimum absolute atomic E-state index is 0.376. The number of carbonyl (C=O) groups is 1. The lowest BCUT2D eigenvalue weighted by Gasteiger charge is -2.20. The monoisotopic (exact) mass is 402 g/mol. The van der Waals surface area contributed by atoms with Gasteiger partial charge in [-0.05, 0) is 58.4 Å². The van der Waals surface area contributed by atoms with Crippen molar-refractivity contribution in [2.75, 3.05) is 0 Å². The first kappa shape index (κ1) is 19.1. The lowest BCUT2D eigenvalue weighted by molar-refractivity contribution is -0.130. The zero-order valence-electron chi connectivity index (χ0n) is 17.4. The Kier molecular flexibility index (Phi) is 4.76. The first-order valence-electron chi connectivity index (χ1n) is 10.4. The van der Waals surface area contributed by atoms with Gasteiger partial charge in [0.25, 0.3) is 0 Å². The van der Waals surface area contributed by atoms with E-state index in [1.54, 1.807) is 6.92 Å². The summed E-state index contributed by atoms with van der Waals surface area (Å²) in [4.78, 5) is 12.6. The second-order valence-corrected chi connectivity index (χ2v) is 7.89. The van der Waals surface area contributed by atoms with Crippen molar-refractivity contribution in [3.63, 3.8) is 0 Å². The molecule has 31 heavy (non-hydrogen) atoms. The van der Waals surface area contributed by atoms with Crippen LogP contribution in [0.4, 0.5) is 0 Å². The molecule has 0 unspecified atom stereocenters. The molecule has 0 radical (unpaired) electrons. The lowest BCUT2D eigenvalue weighted by atomic mass is 9.87. The van der Waals surface area contributed by atoms with Crippen LogP contribution < -0.4 is 4.74 Å². The van der Waals surface area contributed by atoms with Crippen LogP contribution >= 0.6 is 0 Å². The van der Waals surface area contributed by atoms with Crippen LogP contribution in [0.3, 0.4) is 0 Å². The fraction of sp³-hybridized carbons (Fsp3) is 0.0690. The number of hydrogen-bond acceptors (Lipinski definition) is 2. The summed E-state index contributed by atoms with van der Waals surface area (Å²) in [6, 6.07) is 31.0. The predicted molar refractivity (Wildman–Crippen MR) is 126 cm³/mol. The Morgan fingerprint density at radius 2 is 1.35 bits per heavy atom. The number of esters is 1. The molecule has 2 heteroatoms. The van der Waals surface area contributed by atoms with Gasteiger partial charge in [0.15, 0.2) is 0 Å². The van der Waals surface area contributed by atoms with Crippen molar-refractivity contribution < 1.29 is 9.53 Å². The summed E-state index contributed by atoms with van der Waals surface area (Å²) in [6.07, 6.45) is 0.851. The van der Waals surface area contributed by atoms with Crippen molar-refractivity contribution in [2.45, 2.75) is 13.3 Å². The van der Waals surface area contributed by atoms with Gasteiger partial charge in [-0.2, -0.15) is 0 Å². The Morgan fingerprint density at radius 1 is 0.774 bits per heavy atom. The number of hydrogen-bond donors (Lipinski definition) is 0. The van der Waals surface area contributed by atoms with Gasteiger partial charge in [0.05, 0.1) is 0 Å². The molecule has 0 atom stereocenters. The highest BCUT2D eigenvalue weighted by molar-refractivity contribution is 5.99. The summed E-state index contributed by atoms with van der Waals surface area (Å²) in [5, 5.41) is 0. The molecule has 0 aromatic heterocycles. The van der Waals surface area contributed by atoms with Crippen molar-refractivity contribution in [3.8, 4) is 39.1 Å². The van der Waals surface area contributed by atoms with Gasteiger partial charge in [0, 0.05) is 11.1 Å². The third-order valence-electron chi connectivity index (χ3n) is 5.75. The average molecular weight is 402 g/mol. The molecule has 0 heterocycles. The van der Waals surface area contributed by atoms with E-state index in [1.165, 1.54) is 16.7 Å². The Labute approximate surface area is 182 Å². The molecule has 1 aliphatic rings. The van der Waals surface area contributed by atoms with Gasteiger partial charge >= 0.3 is 5.97 Å². The maximum Gasteiger partial charge on any atom is 0.338 e. The lowest BCUT2D eigenvalue weighted by Crippen LogP contribution is -2.10. The van der Waals surface area contributed by atoms with E-state index in [4.69, 9.17) is 4.74 Å². The third-order valence-corrected chi connectivity index (χ3v) is 5.75. The summed E-state index contributed by atoms with van der Waals surface area (Å²) in [7, 11) is 0. The summed E-state index contributed by atoms with van der Waals surface area (Å²) in [6.45, 7) is 5.44. The molecule has 4 aromatic rings. The Balaban J connectivity index is 1.86. The molecule has 1 aliphatic carbocycles. The van der Waals surface area contributed by atoms with E-state index in [0.717, 1.165) is 34.2 Å². The molecule has 0 saturated carbocycles. The fourth-order valence-corrected chi connectivity index (χ4v) is 4.33. The minimum Gasteiger partial charge on any atom is -0.422 e. The molecule has 0 fully saturated rings. The van der Waals surface area contributed by atoms with E-state index in [0.29, 0.717) is 11.3 Å². The van der Waals surface area contributed by atoms with Gasteiger partial charge in [-0.25, -0.2) is 4.79 Å².